The number of nitrogens with zero attached hydrogens (tertiary/aromatic N) is 4. The number of hydrogen-bond acceptors (Lipinski definition) is 4. The first-order valence-electron chi connectivity index (χ1n) is 5.74. The topological polar surface area (TPSA) is 87.5 Å². The zero-order valence-electron chi connectivity index (χ0n) is 10.2. The molecule has 1 heterocycles. The normalized spacial score (nSPS) is 23.5. The number of amides is 1. The van der Waals surface area contributed by atoms with E-state index in [4.69, 9.17) is 15.0 Å². The molecule has 96 valence electrons. The van der Waals surface area contributed by atoms with Gasteiger partial charge in [-0.2, -0.15) is 0 Å². The molecule has 2 atom stereocenters. The van der Waals surface area contributed by atoms with Gasteiger partial charge in [0.15, 0.2) is 0 Å². The van der Waals surface area contributed by atoms with Crippen LogP contribution in [0.5, 0.6) is 0 Å². The van der Waals surface area contributed by atoms with Gasteiger partial charge >= 0.3 is 0 Å². The van der Waals surface area contributed by atoms with Crippen LogP contribution in [0.4, 0.5) is 0 Å². The highest BCUT2D eigenvalue weighted by Gasteiger charge is 2.35. The van der Waals surface area contributed by atoms with Crippen LogP contribution >= 0.6 is 0 Å². The molecule has 0 radical (unpaired) electrons. The van der Waals surface area contributed by atoms with E-state index in [1.165, 1.54) is 0 Å². The van der Waals surface area contributed by atoms with Gasteiger partial charge in [0.05, 0.1) is 0 Å². The predicted molar refractivity (Wildman–Crippen MR) is 61.4 cm³/mol. The first-order chi connectivity index (χ1) is 8.22. The molecule has 0 aromatic heterocycles. The third-order valence-electron chi connectivity index (χ3n) is 2.60. The molecule has 1 aliphatic heterocycles. The highest BCUT2D eigenvalue weighted by Crippen LogP contribution is 2.17. The minimum absolute atomic E-state index is 0.0880. The number of hydrogen-bond donors (Lipinski definition) is 0. The summed E-state index contributed by atoms with van der Waals surface area (Å²) in [6, 6.07) is 0. The van der Waals surface area contributed by atoms with Crippen LogP contribution in [0.3, 0.4) is 0 Å². The molecule has 1 aliphatic rings. The molecule has 1 rings (SSSR count). The Kier molecular flexibility index (Phi) is 5.76. The average molecular weight is 242 g/mol. The van der Waals surface area contributed by atoms with Crippen LogP contribution in [-0.2, 0) is 14.3 Å². The Morgan fingerprint density at radius 3 is 2.29 bits per heavy atom. The maximum atomic E-state index is 11.7. The van der Waals surface area contributed by atoms with Crippen molar-refractivity contribution in [3.05, 3.63) is 10.4 Å². The Morgan fingerprint density at radius 2 is 1.88 bits per heavy atom. The SMILES string of the molecule is CCO[C@H]1CN(C(=O)CN=[N+]=[N-])C[C@H]1OCC. The number of rotatable bonds is 6. The van der Waals surface area contributed by atoms with Crippen molar-refractivity contribution in [2.24, 2.45) is 5.11 Å². The second kappa shape index (κ2) is 7.11. The first kappa shape index (κ1) is 13.8. The predicted octanol–water partition coefficient (Wildman–Crippen LogP) is 0.949. The first-order valence-corrected chi connectivity index (χ1v) is 5.74. The highest BCUT2D eigenvalue weighted by molar-refractivity contribution is 5.78. The fraction of sp³-hybridized carbons (Fsp3) is 0.900. The van der Waals surface area contributed by atoms with Gasteiger partial charge in [0, 0.05) is 31.2 Å². The monoisotopic (exact) mass is 242 g/mol. The second-order valence-electron chi connectivity index (χ2n) is 3.68. The van der Waals surface area contributed by atoms with E-state index >= 15 is 0 Å². The van der Waals surface area contributed by atoms with E-state index in [1.807, 2.05) is 13.8 Å². The zero-order chi connectivity index (χ0) is 12.7. The van der Waals surface area contributed by atoms with E-state index in [2.05, 4.69) is 10.0 Å². The van der Waals surface area contributed by atoms with Crippen LogP contribution in [0, 0.1) is 0 Å². The maximum absolute atomic E-state index is 11.7. The fourth-order valence-corrected chi connectivity index (χ4v) is 1.89. The van der Waals surface area contributed by atoms with Gasteiger partial charge in [0.25, 0.3) is 0 Å². The summed E-state index contributed by atoms with van der Waals surface area (Å²) in [5.74, 6) is -0.185. The maximum Gasteiger partial charge on any atom is 0.228 e. The quantitative estimate of drug-likeness (QED) is 0.394. The zero-order valence-corrected chi connectivity index (χ0v) is 10.2. The largest absolute Gasteiger partial charge is 0.374 e. The van der Waals surface area contributed by atoms with E-state index in [1.54, 1.807) is 4.90 Å². The molecule has 7 nitrogen and oxygen atoms in total. The molecule has 1 saturated heterocycles. The van der Waals surface area contributed by atoms with Crippen LogP contribution < -0.4 is 0 Å². The summed E-state index contributed by atoms with van der Waals surface area (Å²) >= 11 is 0. The second-order valence-corrected chi connectivity index (χ2v) is 3.68. The molecule has 0 aromatic rings. The van der Waals surface area contributed by atoms with Crippen LogP contribution in [0.2, 0.25) is 0 Å². The summed E-state index contributed by atoms with van der Waals surface area (Å²) in [6.45, 7) is 5.85. The van der Waals surface area contributed by atoms with Crippen molar-refractivity contribution in [2.75, 3.05) is 32.8 Å². The summed E-state index contributed by atoms with van der Waals surface area (Å²) in [7, 11) is 0. The minimum atomic E-state index is -0.185. The van der Waals surface area contributed by atoms with Crippen molar-refractivity contribution in [3.8, 4) is 0 Å². The Balaban J connectivity index is 2.54. The van der Waals surface area contributed by atoms with Crippen molar-refractivity contribution < 1.29 is 14.3 Å². The molecule has 0 bridgehead atoms. The molecule has 7 heteroatoms. The number of carbonyl (C=O) groups excluding carboxylic acids is 1. The summed E-state index contributed by atoms with van der Waals surface area (Å²) < 4.78 is 11.1. The molecule has 0 aromatic carbocycles. The number of carbonyl (C=O) groups is 1. The number of ether oxygens (including phenoxy) is 2. The highest BCUT2D eigenvalue weighted by atomic mass is 16.5. The van der Waals surface area contributed by atoms with Gasteiger partial charge in [-0.25, -0.2) is 0 Å². The Labute approximate surface area is 100 Å². The molecule has 1 fully saturated rings. The van der Waals surface area contributed by atoms with E-state index in [9.17, 15) is 4.79 Å². The van der Waals surface area contributed by atoms with E-state index < -0.39 is 0 Å². The van der Waals surface area contributed by atoms with Gasteiger partial charge in [0.1, 0.15) is 18.8 Å². The minimum Gasteiger partial charge on any atom is -0.374 e. The lowest BCUT2D eigenvalue weighted by Crippen LogP contribution is -2.31. The Hall–Kier alpha value is -1.30. The van der Waals surface area contributed by atoms with Crippen molar-refractivity contribution in [1.29, 1.82) is 0 Å². The molecular weight excluding hydrogens is 224 g/mol. The van der Waals surface area contributed by atoms with E-state index in [-0.39, 0.29) is 24.7 Å². The Morgan fingerprint density at radius 1 is 1.35 bits per heavy atom. The van der Waals surface area contributed by atoms with Crippen LogP contribution in [-0.4, -0.2) is 55.9 Å². The van der Waals surface area contributed by atoms with Gasteiger partial charge < -0.3 is 14.4 Å². The van der Waals surface area contributed by atoms with Crippen molar-refractivity contribution in [1.82, 2.24) is 4.90 Å². The van der Waals surface area contributed by atoms with Crippen LogP contribution in [0.15, 0.2) is 5.11 Å². The van der Waals surface area contributed by atoms with Crippen molar-refractivity contribution in [2.45, 2.75) is 26.1 Å². The average Bonchev–Trinajstić information content (AvgIpc) is 2.71. The molecule has 0 aliphatic carbocycles. The van der Waals surface area contributed by atoms with Gasteiger partial charge in [-0.05, 0) is 19.4 Å². The molecular formula is C10H18N4O3. The lowest BCUT2D eigenvalue weighted by atomic mass is 10.2. The third-order valence-corrected chi connectivity index (χ3v) is 2.60. The smallest absolute Gasteiger partial charge is 0.228 e. The van der Waals surface area contributed by atoms with Crippen molar-refractivity contribution >= 4 is 5.91 Å². The summed E-state index contributed by atoms with van der Waals surface area (Å²) in [4.78, 5) is 15.8. The number of likely N-dealkylation sites (tertiary alicyclic amines) is 1. The van der Waals surface area contributed by atoms with Gasteiger partial charge in [-0.1, -0.05) is 5.11 Å². The van der Waals surface area contributed by atoms with E-state index in [0.717, 1.165) is 0 Å². The lowest BCUT2D eigenvalue weighted by molar-refractivity contribution is -0.129. The summed E-state index contributed by atoms with van der Waals surface area (Å²) in [6.07, 6.45) is -0.176. The van der Waals surface area contributed by atoms with Crippen LogP contribution in [0.25, 0.3) is 10.4 Å². The molecule has 17 heavy (non-hydrogen) atoms. The molecule has 0 saturated carbocycles. The van der Waals surface area contributed by atoms with Gasteiger partial charge in [-0.3, -0.25) is 4.79 Å². The summed E-state index contributed by atoms with van der Waals surface area (Å²) in [5.41, 5.74) is 8.17. The number of azide groups is 1. The molecule has 0 spiro atoms. The fourth-order valence-electron chi connectivity index (χ4n) is 1.89. The van der Waals surface area contributed by atoms with Gasteiger partial charge in [-0.15, -0.1) is 0 Å². The standard InChI is InChI=1S/C10H18N4O3/c1-3-16-8-6-14(7-9(8)17-4-2)10(15)5-12-13-11/h8-9H,3-7H2,1-2H3/t8-,9+. The molecule has 0 unspecified atom stereocenters. The summed E-state index contributed by atoms with van der Waals surface area (Å²) in [5, 5.41) is 3.27. The van der Waals surface area contributed by atoms with E-state index in [0.29, 0.717) is 26.3 Å². The van der Waals surface area contributed by atoms with Gasteiger partial charge in [0.2, 0.25) is 5.91 Å². The van der Waals surface area contributed by atoms with Crippen LogP contribution in [0.1, 0.15) is 13.8 Å². The van der Waals surface area contributed by atoms with Crippen molar-refractivity contribution in [3.63, 3.8) is 0 Å². The lowest BCUT2D eigenvalue weighted by Gasteiger charge is -2.17. The molecule has 1 amide bonds. The third kappa shape index (κ3) is 3.89. The Bertz CT molecular complexity index is 290. The molecule has 0 N–H and O–H groups in total.